The van der Waals surface area contributed by atoms with Crippen LogP contribution in [0.5, 0.6) is 5.75 Å². The third-order valence-corrected chi connectivity index (χ3v) is 3.84. The normalized spacial score (nSPS) is 10.5. The third-order valence-electron chi connectivity index (χ3n) is 3.84. The van der Waals surface area contributed by atoms with Crippen LogP contribution in [0.15, 0.2) is 39.2 Å². The van der Waals surface area contributed by atoms with E-state index in [0.717, 1.165) is 5.76 Å². The summed E-state index contributed by atoms with van der Waals surface area (Å²) in [7, 11) is 1.46. The zero-order chi connectivity index (χ0) is 20.1. The number of furan rings is 1. The van der Waals surface area contributed by atoms with Gasteiger partial charge in [-0.15, -0.1) is 10.2 Å². The molecule has 1 amide bonds. The van der Waals surface area contributed by atoms with Crippen LogP contribution in [0, 0.1) is 13.8 Å². The predicted molar refractivity (Wildman–Crippen MR) is 96.6 cm³/mol. The van der Waals surface area contributed by atoms with Crippen molar-refractivity contribution in [1.82, 2.24) is 15.5 Å². The van der Waals surface area contributed by atoms with Crippen LogP contribution < -0.4 is 10.1 Å². The summed E-state index contributed by atoms with van der Waals surface area (Å²) in [5.41, 5.74) is 1.01. The summed E-state index contributed by atoms with van der Waals surface area (Å²) in [5.74, 6) is 1.13. The van der Waals surface area contributed by atoms with E-state index in [2.05, 4.69) is 15.5 Å². The number of nitrogens with zero attached hydrogens (tertiary/aromatic N) is 2. The Hall–Kier alpha value is -3.62. The Morgan fingerprint density at radius 3 is 2.64 bits per heavy atom. The molecule has 0 saturated carbocycles. The quantitative estimate of drug-likeness (QED) is 0.616. The first-order chi connectivity index (χ1) is 13.5. The molecule has 0 spiro atoms. The van der Waals surface area contributed by atoms with Crippen LogP contribution >= 0.6 is 0 Å². The minimum atomic E-state index is -0.640. The molecule has 0 unspecified atom stereocenters. The van der Waals surface area contributed by atoms with Crippen molar-refractivity contribution in [3.05, 3.63) is 53.3 Å². The lowest BCUT2D eigenvalue weighted by atomic mass is 10.2. The molecule has 1 aromatic carbocycles. The first kappa shape index (κ1) is 19.2. The molecule has 0 aliphatic rings. The van der Waals surface area contributed by atoms with Crippen LogP contribution in [0.25, 0.3) is 11.5 Å². The second-order valence-electron chi connectivity index (χ2n) is 5.87. The van der Waals surface area contributed by atoms with Gasteiger partial charge in [0.25, 0.3) is 17.7 Å². The molecule has 9 nitrogen and oxygen atoms in total. The van der Waals surface area contributed by atoms with Gasteiger partial charge in [-0.1, -0.05) is 12.1 Å². The molecule has 9 heteroatoms. The van der Waals surface area contributed by atoms with Gasteiger partial charge in [0.05, 0.1) is 18.2 Å². The average molecular weight is 385 g/mol. The maximum Gasteiger partial charge on any atom is 0.325 e. The molecule has 0 bridgehead atoms. The van der Waals surface area contributed by atoms with E-state index >= 15 is 0 Å². The van der Waals surface area contributed by atoms with Gasteiger partial charge in [0.15, 0.2) is 6.61 Å². The van der Waals surface area contributed by atoms with Crippen LogP contribution in [0.1, 0.15) is 27.8 Å². The van der Waals surface area contributed by atoms with Crippen LogP contribution in [0.4, 0.5) is 0 Å². The number of carbonyl (C=O) groups is 2. The minimum Gasteiger partial charge on any atom is -0.496 e. The molecule has 0 saturated heterocycles. The van der Waals surface area contributed by atoms with E-state index in [1.807, 2.05) is 6.92 Å². The maximum absolute atomic E-state index is 12.1. The summed E-state index contributed by atoms with van der Waals surface area (Å²) in [6.45, 7) is 3.09. The summed E-state index contributed by atoms with van der Waals surface area (Å²) < 4.78 is 21.1. The fourth-order valence-corrected chi connectivity index (χ4v) is 2.54. The van der Waals surface area contributed by atoms with Gasteiger partial charge < -0.3 is 23.6 Å². The molecular formula is C19H19N3O6. The zero-order valence-electron chi connectivity index (χ0n) is 15.6. The first-order valence-electron chi connectivity index (χ1n) is 8.44. The van der Waals surface area contributed by atoms with Crippen molar-refractivity contribution in [2.24, 2.45) is 0 Å². The Labute approximate surface area is 160 Å². The largest absolute Gasteiger partial charge is 0.496 e. The summed E-state index contributed by atoms with van der Waals surface area (Å²) >= 11 is 0. The molecule has 3 aromatic rings. The van der Waals surface area contributed by atoms with Crippen molar-refractivity contribution in [1.29, 1.82) is 0 Å². The number of benzene rings is 1. The number of hydrogen-bond donors (Lipinski definition) is 1. The number of para-hydroxylation sites is 1. The number of rotatable bonds is 7. The number of aromatic nitrogens is 2. The Kier molecular flexibility index (Phi) is 5.73. The molecule has 28 heavy (non-hydrogen) atoms. The fraction of sp³-hybridized carbons (Fsp3) is 0.263. The van der Waals surface area contributed by atoms with E-state index in [1.165, 1.54) is 7.11 Å². The summed E-state index contributed by atoms with van der Waals surface area (Å²) in [5, 5.41) is 10.2. The molecule has 2 aromatic heterocycles. The number of nitrogens with one attached hydrogen (secondary N) is 1. The number of aryl methyl sites for hydroxylation is 2. The first-order valence-corrected chi connectivity index (χ1v) is 8.44. The summed E-state index contributed by atoms with van der Waals surface area (Å²) in [4.78, 5) is 24.0. The highest BCUT2D eigenvalue weighted by molar-refractivity contribution is 5.98. The Morgan fingerprint density at radius 1 is 1.14 bits per heavy atom. The van der Waals surface area contributed by atoms with Crippen LogP contribution in [0.3, 0.4) is 0 Å². The van der Waals surface area contributed by atoms with Crippen molar-refractivity contribution in [3.8, 4) is 17.2 Å². The standard InChI is InChI=1S/C19H19N3O6/c1-11-8-14(12(2)27-11)19-22-21-16(28-19)10-26-17(23)9-20-18(24)13-6-4-5-7-15(13)25-3/h4-8H,9-10H2,1-3H3,(H,20,24). The van der Waals surface area contributed by atoms with E-state index < -0.39 is 11.9 Å². The number of amides is 1. The lowest BCUT2D eigenvalue weighted by Crippen LogP contribution is -2.30. The van der Waals surface area contributed by atoms with Gasteiger partial charge in [-0.3, -0.25) is 9.59 Å². The zero-order valence-corrected chi connectivity index (χ0v) is 15.6. The van der Waals surface area contributed by atoms with Crippen LogP contribution in [-0.2, 0) is 16.1 Å². The van der Waals surface area contributed by atoms with Gasteiger partial charge in [0.2, 0.25) is 0 Å². The summed E-state index contributed by atoms with van der Waals surface area (Å²) in [6.07, 6.45) is 0. The predicted octanol–water partition coefficient (Wildman–Crippen LogP) is 2.43. The number of esters is 1. The topological polar surface area (TPSA) is 117 Å². The van der Waals surface area contributed by atoms with Crippen molar-refractivity contribution < 1.29 is 27.9 Å². The second-order valence-corrected chi connectivity index (χ2v) is 5.87. The lowest BCUT2D eigenvalue weighted by molar-refractivity contribution is -0.144. The van der Waals surface area contributed by atoms with Crippen LogP contribution in [-0.4, -0.2) is 35.7 Å². The lowest BCUT2D eigenvalue weighted by Gasteiger charge is -2.08. The SMILES string of the molecule is COc1ccccc1C(=O)NCC(=O)OCc1nnc(-c2cc(C)oc2C)o1. The number of methoxy groups -OCH3 is 1. The second kappa shape index (κ2) is 8.38. The van der Waals surface area contributed by atoms with Gasteiger partial charge in [-0.25, -0.2) is 0 Å². The van der Waals surface area contributed by atoms with E-state index in [1.54, 1.807) is 37.3 Å². The fourth-order valence-electron chi connectivity index (χ4n) is 2.54. The number of hydrogen-bond acceptors (Lipinski definition) is 8. The van der Waals surface area contributed by atoms with Crippen molar-refractivity contribution in [2.75, 3.05) is 13.7 Å². The molecule has 0 fully saturated rings. The number of ether oxygens (including phenoxy) is 2. The molecule has 0 radical (unpaired) electrons. The van der Waals surface area contributed by atoms with Crippen LogP contribution in [0.2, 0.25) is 0 Å². The highest BCUT2D eigenvalue weighted by atomic mass is 16.5. The molecule has 3 rings (SSSR count). The average Bonchev–Trinajstić information content (AvgIpc) is 3.29. The molecule has 0 atom stereocenters. The maximum atomic E-state index is 12.1. The minimum absolute atomic E-state index is 0.137. The van der Waals surface area contributed by atoms with Gasteiger partial charge in [-0.2, -0.15) is 0 Å². The molecule has 0 aliphatic heterocycles. The smallest absolute Gasteiger partial charge is 0.325 e. The third kappa shape index (κ3) is 4.37. The van der Waals surface area contributed by atoms with Gasteiger partial charge in [0.1, 0.15) is 23.8 Å². The van der Waals surface area contributed by atoms with E-state index in [0.29, 0.717) is 22.6 Å². The molecule has 1 N–H and O–H groups in total. The molecular weight excluding hydrogens is 366 g/mol. The van der Waals surface area contributed by atoms with E-state index in [9.17, 15) is 9.59 Å². The van der Waals surface area contributed by atoms with Gasteiger partial charge in [-0.05, 0) is 32.0 Å². The number of carbonyl (C=O) groups excluding carboxylic acids is 2. The van der Waals surface area contributed by atoms with E-state index in [4.69, 9.17) is 18.3 Å². The summed E-state index contributed by atoms with van der Waals surface area (Å²) in [6, 6.07) is 8.48. The van der Waals surface area contributed by atoms with Gasteiger partial charge >= 0.3 is 5.97 Å². The van der Waals surface area contributed by atoms with Gasteiger partial charge in [0, 0.05) is 0 Å². The van der Waals surface area contributed by atoms with Crippen molar-refractivity contribution in [3.63, 3.8) is 0 Å². The molecule has 146 valence electrons. The molecule has 0 aliphatic carbocycles. The highest BCUT2D eigenvalue weighted by Gasteiger charge is 2.16. The van der Waals surface area contributed by atoms with Crippen molar-refractivity contribution >= 4 is 11.9 Å². The molecule has 2 heterocycles. The van der Waals surface area contributed by atoms with E-state index in [-0.39, 0.29) is 24.9 Å². The highest BCUT2D eigenvalue weighted by Crippen LogP contribution is 2.25. The Balaban J connectivity index is 1.51. The Morgan fingerprint density at radius 2 is 1.93 bits per heavy atom. The van der Waals surface area contributed by atoms with Crippen molar-refractivity contribution in [2.45, 2.75) is 20.5 Å². The Bertz CT molecular complexity index is 991. The monoisotopic (exact) mass is 385 g/mol.